The molecule has 58 valence electrons. The molecular formula is C6H10BrNO2. The smallest absolute Gasteiger partial charge is 0.255 e. The van der Waals surface area contributed by atoms with Gasteiger partial charge in [0, 0.05) is 6.42 Å². The molecule has 0 aliphatic carbocycles. The summed E-state index contributed by atoms with van der Waals surface area (Å²) in [5.41, 5.74) is 0.280. The average molecular weight is 208 g/mol. The number of rotatable bonds is 3. The molecular weight excluding hydrogens is 198 g/mol. The van der Waals surface area contributed by atoms with E-state index in [2.05, 4.69) is 15.9 Å². The number of halogens is 1. The summed E-state index contributed by atoms with van der Waals surface area (Å²) in [7, 11) is 0. The second-order valence-electron chi connectivity index (χ2n) is 1.99. The normalized spacial score (nSPS) is 12.7. The molecule has 0 heterocycles. The molecule has 0 unspecified atom stereocenters. The molecule has 3 nitrogen and oxygen atoms in total. The zero-order chi connectivity index (χ0) is 8.15. The number of allylic oxidation sites excluding steroid dienone is 2. The summed E-state index contributed by atoms with van der Waals surface area (Å²) < 4.78 is 0.624. The van der Waals surface area contributed by atoms with Crippen LogP contribution in [-0.2, 0) is 0 Å². The van der Waals surface area contributed by atoms with E-state index < -0.39 is 0 Å². The average Bonchev–Trinajstić information content (AvgIpc) is 1.81. The monoisotopic (exact) mass is 207 g/mol. The number of nitro groups is 1. The quantitative estimate of drug-likeness (QED) is 0.528. The van der Waals surface area contributed by atoms with Crippen LogP contribution < -0.4 is 0 Å². The molecule has 0 rings (SSSR count). The molecule has 0 saturated carbocycles. The first-order valence-electron chi connectivity index (χ1n) is 3.09. The molecule has 0 N–H and O–H groups in total. The first kappa shape index (κ1) is 9.62. The van der Waals surface area contributed by atoms with Gasteiger partial charge in [-0.3, -0.25) is 10.1 Å². The van der Waals surface area contributed by atoms with Crippen molar-refractivity contribution in [3.63, 3.8) is 0 Å². The number of hydrogen-bond donors (Lipinski definition) is 0. The van der Waals surface area contributed by atoms with Gasteiger partial charge in [0.25, 0.3) is 5.70 Å². The van der Waals surface area contributed by atoms with Gasteiger partial charge in [0.05, 0.1) is 9.41 Å². The minimum absolute atomic E-state index is 0.280. The van der Waals surface area contributed by atoms with Gasteiger partial charge >= 0.3 is 0 Å². The fraction of sp³-hybridized carbons (Fsp3) is 0.667. The van der Waals surface area contributed by atoms with Gasteiger partial charge in [-0.05, 0) is 29.3 Å². The Hall–Kier alpha value is -0.380. The summed E-state index contributed by atoms with van der Waals surface area (Å²) in [4.78, 5) is 9.91. The molecule has 0 aromatic heterocycles. The van der Waals surface area contributed by atoms with Crippen LogP contribution in [0.4, 0.5) is 0 Å². The van der Waals surface area contributed by atoms with E-state index in [4.69, 9.17) is 0 Å². The Morgan fingerprint density at radius 3 is 2.30 bits per heavy atom. The van der Waals surface area contributed by atoms with Crippen LogP contribution in [0.5, 0.6) is 0 Å². The van der Waals surface area contributed by atoms with E-state index in [-0.39, 0.29) is 10.6 Å². The minimum atomic E-state index is -0.340. The second kappa shape index (κ2) is 4.44. The Bertz CT molecular complexity index is 161. The summed E-state index contributed by atoms with van der Waals surface area (Å²) in [5.74, 6) is 0. The maximum Gasteiger partial charge on any atom is 0.255 e. The molecule has 4 heteroatoms. The van der Waals surface area contributed by atoms with Gasteiger partial charge in [-0.2, -0.15) is 0 Å². The highest BCUT2D eigenvalue weighted by Crippen LogP contribution is 2.15. The van der Waals surface area contributed by atoms with Gasteiger partial charge in [-0.15, -0.1) is 0 Å². The predicted molar refractivity (Wildman–Crippen MR) is 43.5 cm³/mol. The van der Waals surface area contributed by atoms with Crippen LogP contribution in [0.25, 0.3) is 0 Å². The van der Waals surface area contributed by atoms with Gasteiger partial charge in [0.15, 0.2) is 0 Å². The predicted octanol–water partition coefficient (Wildman–Crippen LogP) is 2.69. The Labute approximate surface area is 68.4 Å². The van der Waals surface area contributed by atoms with Crippen LogP contribution in [0.1, 0.15) is 26.7 Å². The highest BCUT2D eigenvalue weighted by molar-refractivity contribution is 9.11. The molecule has 0 aliphatic heterocycles. The van der Waals surface area contributed by atoms with Crippen LogP contribution in [0.3, 0.4) is 0 Å². The lowest BCUT2D eigenvalue weighted by Gasteiger charge is -1.95. The van der Waals surface area contributed by atoms with Crippen molar-refractivity contribution in [1.29, 1.82) is 0 Å². The van der Waals surface area contributed by atoms with Crippen LogP contribution in [0, 0.1) is 10.1 Å². The molecule has 0 aromatic rings. The zero-order valence-electron chi connectivity index (χ0n) is 6.06. The van der Waals surface area contributed by atoms with E-state index in [0.29, 0.717) is 10.9 Å². The van der Waals surface area contributed by atoms with Crippen molar-refractivity contribution >= 4 is 15.9 Å². The third-order valence-corrected chi connectivity index (χ3v) is 1.56. The number of hydrogen-bond acceptors (Lipinski definition) is 2. The van der Waals surface area contributed by atoms with Crippen molar-refractivity contribution in [1.82, 2.24) is 0 Å². The Morgan fingerprint density at radius 2 is 2.20 bits per heavy atom. The molecule has 0 fully saturated rings. The largest absolute Gasteiger partial charge is 0.259 e. The fourth-order valence-corrected chi connectivity index (χ4v) is 0.969. The molecule has 0 radical (unpaired) electrons. The van der Waals surface area contributed by atoms with Crippen molar-refractivity contribution in [2.24, 2.45) is 0 Å². The van der Waals surface area contributed by atoms with Crippen molar-refractivity contribution in [2.45, 2.75) is 26.7 Å². The van der Waals surface area contributed by atoms with E-state index in [0.717, 1.165) is 6.42 Å². The van der Waals surface area contributed by atoms with E-state index >= 15 is 0 Å². The van der Waals surface area contributed by atoms with Crippen molar-refractivity contribution < 1.29 is 4.92 Å². The first-order chi connectivity index (χ1) is 4.59. The van der Waals surface area contributed by atoms with Gasteiger partial charge in [-0.25, -0.2) is 0 Å². The Balaban J connectivity index is 4.28. The van der Waals surface area contributed by atoms with Crippen molar-refractivity contribution in [3.05, 3.63) is 20.3 Å². The second-order valence-corrected chi connectivity index (χ2v) is 3.18. The molecule has 0 aromatic carbocycles. The Morgan fingerprint density at radius 1 is 1.70 bits per heavy atom. The summed E-state index contributed by atoms with van der Waals surface area (Å²) >= 11 is 3.08. The summed E-state index contributed by atoms with van der Waals surface area (Å²) in [5, 5.41) is 10.2. The molecule has 0 bridgehead atoms. The number of nitrogens with zero attached hydrogens (tertiary/aromatic N) is 1. The summed E-state index contributed by atoms with van der Waals surface area (Å²) in [6, 6.07) is 0. The van der Waals surface area contributed by atoms with Gasteiger partial charge in [-0.1, -0.05) is 6.92 Å². The minimum Gasteiger partial charge on any atom is -0.259 e. The zero-order valence-corrected chi connectivity index (χ0v) is 7.64. The van der Waals surface area contributed by atoms with Crippen LogP contribution in [0.15, 0.2) is 10.2 Å². The lowest BCUT2D eigenvalue weighted by atomic mass is 10.2. The highest BCUT2D eigenvalue weighted by Gasteiger charge is 2.11. The van der Waals surface area contributed by atoms with Gasteiger partial charge in [0.1, 0.15) is 0 Å². The molecule has 0 atom stereocenters. The van der Waals surface area contributed by atoms with Crippen LogP contribution in [0.2, 0.25) is 0 Å². The molecule has 0 amide bonds. The fourth-order valence-electron chi connectivity index (χ4n) is 0.626. The molecule has 0 aliphatic rings. The lowest BCUT2D eigenvalue weighted by molar-refractivity contribution is -0.428. The molecule has 0 spiro atoms. The standard InChI is InChI=1S/C6H10BrNO2/c1-3-4-6(5(2)7)8(9)10/h3-4H2,1-2H3/b6-5-. The summed E-state index contributed by atoms with van der Waals surface area (Å²) in [6.07, 6.45) is 1.34. The topological polar surface area (TPSA) is 43.1 Å². The van der Waals surface area contributed by atoms with Crippen LogP contribution in [-0.4, -0.2) is 4.92 Å². The third kappa shape index (κ3) is 2.96. The molecule has 0 saturated heterocycles. The van der Waals surface area contributed by atoms with E-state index in [1.807, 2.05) is 6.92 Å². The van der Waals surface area contributed by atoms with E-state index in [1.54, 1.807) is 6.92 Å². The van der Waals surface area contributed by atoms with Gasteiger partial charge in [0.2, 0.25) is 0 Å². The lowest BCUT2D eigenvalue weighted by Crippen LogP contribution is -1.98. The SMILES string of the molecule is CCC/C(=C(\C)Br)[N+](=O)[O-]. The molecule has 10 heavy (non-hydrogen) atoms. The van der Waals surface area contributed by atoms with E-state index in [1.165, 1.54) is 0 Å². The highest BCUT2D eigenvalue weighted by atomic mass is 79.9. The Kier molecular flexibility index (Phi) is 4.27. The first-order valence-corrected chi connectivity index (χ1v) is 3.88. The third-order valence-electron chi connectivity index (χ3n) is 1.10. The van der Waals surface area contributed by atoms with E-state index in [9.17, 15) is 10.1 Å². The van der Waals surface area contributed by atoms with Crippen LogP contribution >= 0.6 is 15.9 Å². The maximum atomic E-state index is 10.2. The van der Waals surface area contributed by atoms with Gasteiger partial charge < -0.3 is 0 Å². The van der Waals surface area contributed by atoms with Crippen molar-refractivity contribution in [2.75, 3.05) is 0 Å². The maximum absolute atomic E-state index is 10.2. The van der Waals surface area contributed by atoms with Crippen molar-refractivity contribution in [3.8, 4) is 0 Å². The summed E-state index contributed by atoms with van der Waals surface area (Å²) in [6.45, 7) is 3.60.